The summed E-state index contributed by atoms with van der Waals surface area (Å²) >= 11 is 9.37. The Labute approximate surface area is 166 Å². The smallest absolute Gasteiger partial charge is 0.244 e. The van der Waals surface area contributed by atoms with E-state index in [0.717, 1.165) is 15.7 Å². The number of hydrogen-bond acceptors (Lipinski definition) is 2. The molecule has 26 heavy (non-hydrogen) atoms. The molecule has 0 unspecified atom stereocenters. The normalized spacial score (nSPS) is 17.8. The predicted molar refractivity (Wildman–Crippen MR) is 106 cm³/mol. The number of benzene rings is 2. The summed E-state index contributed by atoms with van der Waals surface area (Å²) in [5, 5.41) is 0.515. The molecule has 0 amide bonds. The van der Waals surface area contributed by atoms with Crippen molar-refractivity contribution >= 4 is 37.6 Å². The molecule has 0 saturated heterocycles. The number of hydrogen-bond donors (Lipinski definition) is 0. The third kappa shape index (κ3) is 3.11. The van der Waals surface area contributed by atoms with Crippen molar-refractivity contribution in [1.29, 1.82) is 0 Å². The van der Waals surface area contributed by atoms with E-state index in [1.165, 1.54) is 0 Å². The molecule has 2 heterocycles. The molecule has 0 fully saturated rings. The highest BCUT2D eigenvalue weighted by atomic mass is 79.9. The Morgan fingerprint density at radius 1 is 0.962 bits per heavy atom. The molecule has 4 nitrogen and oxygen atoms in total. The fourth-order valence-electron chi connectivity index (χ4n) is 3.35. The molecule has 1 atom stereocenters. The molecule has 1 aliphatic rings. The maximum absolute atomic E-state index is 13.3. The molecule has 1 aromatic heterocycles. The van der Waals surface area contributed by atoms with Crippen LogP contribution >= 0.6 is 27.5 Å². The molecule has 0 bridgehead atoms. The quantitative estimate of drug-likeness (QED) is 0.579. The van der Waals surface area contributed by atoms with E-state index in [2.05, 4.69) is 20.5 Å². The highest BCUT2D eigenvalue weighted by molar-refractivity contribution is 9.10. The molecule has 0 aliphatic carbocycles. The van der Waals surface area contributed by atoms with Crippen LogP contribution in [-0.2, 0) is 16.6 Å². The lowest BCUT2D eigenvalue weighted by atomic mass is 10.0. The van der Waals surface area contributed by atoms with Crippen LogP contribution in [0, 0.1) is 0 Å². The minimum absolute atomic E-state index is 0.254. The Morgan fingerprint density at radius 3 is 2.35 bits per heavy atom. The summed E-state index contributed by atoms with van der Waals surface area (Å²) in [7, 11) is -3.66. The Kier molecular flexibility index (Phi) is 4.69. The predicted octanol–water partition coefficient (Wildman–Crippen LogP) is 4.70. The van der Waals surface area contributed by atoms with Crippen LogP contribution in [0.15, 0.2) is 76.2 Å². The van der Waals surface area contributed by atoms with Gasteiger partial charge in [0.15, 0.2) is 0 Å². The van der Waals surface area contributed by atoms with E-state index in [9.17, 15) is 8.42 Å². The van der Waals surface area contributed by atoms with Crippen LogP contribution in [0.25, 0.3) is 0 Å². The van der Waals surface area contributed by atoms with Crippen LogP contribution in [0.4, 0.5) is 0 Å². The molecule has 0 saturated carbocycles. The summed E-state index contributed by atoms with van der Waals surface area (Å²) in [5.41, 5.74) is 1.90. The van der Waals surface area contributed by atoms with E-state index in [0.29, 0.717) is 18.1 Å². The summed E-state index contributed by atoms with van der Waals surface area (Å²) < 4.78 is 31.3. The summed E-state index contributed by atoms with van der Waals surface area (Å²) in [6.45, 7) is 1.04. The SMILES string of the molecule is O=S(=O)(c1ccc(Cl)cc1)N1CCn2cccc2[C@@H]1c1ccc(Br)cc1. The Bertz CT molecular complexity index is 1030. The van der Waals surface area contributed by atoms with E-state index >= 15 is 0 Å². The van der Waals surface area contributed by atoms with Gasteiger partial charge in [-0.05, 0) is 54.1 Å². The van der Waals surface area contributed by atoms with Crippen LogP contribution in [0.3, 0.4) is 0 Å². The monoisotopic (exact) mass is 450 g/mol. The summed E-state index contributed by atoms with van der Waals surface area (Å²) in [4.78, 5) is 0.254. The Hall–Kier alpha value is -1.60. The average molecular weight is 452 g/mol. The number of nitrogens with zero attached hydrogens (tertiary/aromatic N) is 2. The zero-order valence-electron chi connectivity index (χ0n) is 13.7. The second-order valence-corrected chi connectivity index (χ2v) is 9.39. The average Bonchev–Trinajstić information content (AvgIpc) is 3.11. The van der Waals surface area contributed by atoms with Gasteiger partial charge < -0.3 is 4.57 Å². The van der Waals surface area contributed by atoms with Gasteiger partial charge in [0, 0.05) is 34.5 Å². The Balaban J connectivity index is 1.83. The van der Waals surface area contributed by atoms with Gasteiger partial charge in [0.25, 0.3) is 0 Å². The number of rotatable bonds is 3. The maximum atomic E-state index is 13.3. The molecule has 2 aromatic carbocycles. The van der Waals surface area contributed by atoms with Crippen molar-refractivity contribution in [3.8, 4) is 0 Å². The maximum Gasteiger partial charge on any atom is 0.244 e. The molecule has 4 rings (SSSR count). The molecular formula is C19H16BrClN2O2S. The minimum atomic E-state index is -3.66. The van der Waals surface area contributed by atoms with Gasteiger partial charge in [-0.3, -0.25) is 0 Å². The largest absolute Gasteiger partial charge is 0.348 e. The van der Waals surface area contributed by atoms with Gasteiger partial charge in [-0.2, -0.15) is 4.31 Å². The summed E-state index contributed by atoms with van der Waals surface area (Å²) in [5.74, 6) is 0. The van der Waals surface area contributed by atoms with Gasteiger partial charge in [-0.1, -0.05) is 39.7 Å². The number of aromatic nitrogens is 1. The van der Waals surface area contributed by atoms with E-state index < -0.39 is 10.0 Å². The van der Waals surface area contributed by atoms with E-state index in [1.807, 2.05) is 42.6 Å². The van der Waals surface area contributed by atoms with Crippen molar-refractivity contribution in [2.75, 3.05) is 6.54 Å². The van der Waals surface area contributed by atoms with E-state index in [1.54, 1.807) is 28.6 Å². The first-order valence-corrected chi connectivity index (χ1v) is 10.8. The lowest BCUT2D eigenvalue weighted by molar-refractivity contribution is 0.298. The van der Waals surface area contributed by atoms with Gasteiger partial charge in [-0.15, -0.1) is 0 Å². The van der Waals surface area contributed by atoms with Gasteiger partial charge in [0.05, 0.1) is 10.9 Å². The highest BCUT2D eigenvalue weighted by Gasteiger charge is 2.37. The van der Waals surface area contributed by atoms with Crippen LogP contribution in [0.5, 0.6) is 0 Å². The second-order valence-electron chi connectivity index (χ2n) is 6.15. The molecule has 0 radical (unpaired) electrons. The number of fused-ring (bicyclic) bond motifs is 1. The zero-order valence-corrected chi connectivity index (χ0v) is 16.9. The van der Waals surface area contributed by atoms with Crippen molar-refractivity contribution in [2.45, 2.75) is 17.5 Å². The molecular weight excluding hydrogens is 436 g/mol. The molecule has 0 N–H and O–H groups in total. The first-order chi connectivity index (χ1) is 12.5. The van der Waals surface area contributed by atoms with Crippen LogP contribution < -0.4 is 0 Å². The molecule has 134 valence electrons. The minimum Gasteiger partial charge on any atom is -0.348 e. The molecule has 7 heteroatoms. The lowest BCUT2D eigenvalue weighted by Gasteiger charge is -2.36. The second kappa shape index (κ2) is 6.85. The van der Waals surface area contributed by atoms with Crippen molar-refractivity contribution < 1.29 is 8.42 Å². The molecule has 3 aromatic rings. The van der Waals surface area contributed by atoms with Crippen molar-refractivity contribution in [1.82, 2.24) is 8.87 Å². The third-order valence-corrected chi connectivity index (χ3v) is 7.26. The van der Waals surface area contributed by atoms with Crippen molar-refractivity contribution in [3.63, 3.8) is 0 Å². The van der Waals surface area contributed by atoms with Gasteiger partial charge in [0.2, 0.25) is 10.0 Å². The van der Waals surface area contributed by atoms with Gasteiger partial charge in [-0.25, -0.2) is 8.42 Å². The number of sulfonamides is 1. The fourth-order valence-corrected chi connectivity index (χ4v) is 5.32. The molecule has 1 aliphatic heterocycles. The summed E-state index contributed by atoms with van der Waals surface area (Å²) in [6, 6.07) is 17.7. The van der Waals surface area contributed by atoms with Crippen molar-refractivity contribution in [3.05, 3.63) is 87.6 Å². The first-order valence-electron chi connectivity index (χ1n) is 8.15. The van der Waals surface area contributed by atoms with Crippen molar-refractivity contribution in [2.24, 2.45) is 0 Å². The zero-order chi connectivity index (χ0) is 18.3. The fraction of sp³-hybridized carbons (Fsp3) is 0.158. The van der Waals surface area contributed by atoms with Gasteiger partial charge in [0.1, 0.15) is 0 Å². The van der Waals surface area contributed by atoms with Crippen LogP contribution in [-0.4, -0.2) is 23.8 Å². The standard InChI is InChI=1S/C19H16BrClN2O2S/c20-15-5-3-14(4-6-15)19-18-2-1-11-22(18)12-13-23(19)26(24,25)17-9-7-16(21)8-10-17/h1-11,19H,12-13H2/t19-/m0/s1. The van der Waals surface area contributed by atoms with E-state index in [4.69, 9.17) is 11.6 Å². The highest BCUT2D eigenvalue weighted by Crippen LogP contribution is 2.37. The topological polar surface area (TPSA) is 42.3 Å². The third-order valence-electron chi connectivity index (χ3n) is 4.60. The van der Waals surface area contributed by atoms with Crippen LogP contribution in [0.2, 0.25) is 5.02 Å². The first kappa shape index (κ1) is 17.8. The van der Waals surface area contributed by atoms with E-state index in [-0.39, 0.29) is 10.9 Å². The Morgan fingerprint density at radius 2 is 1.65 bits per heavy atom. The summed E-state index contributed by atoms with van der Waals surface area (Å²) in [6.07, 6.45) is 1.99. The van der Waals surface area contributed by atoms with Gasteiger partial charge >= 0.3 is 0 Å². The molecule has 0 spiro atoms. The van der Waals surface area contributed by atoms with Crippen LogP contribution in [0.1, 0.15) is 17.3 Å². The number of halogens is 2. The lowest BCUT2D eigenvalue weighted by Crippen LogP contribution is -2.42.